The lowest BCUT2D eigenvalue weighted by molar-refractivity contribution is 0.0691. The summed E-state index contributed by atoms with van der Waals surface area (Å²) in [5.41, 5.74) is 0.394. The molecule has 1 rings (SSSR count). The van der Waals surface area contributed by atoms with Crippen LogP contribution in [0.15, 0.2) is 6.20 Å². The molecule has 0 aliphatic heterocycles. The quantitative estimate of drug-likeness (QED) is 0.682. The molecule has 0 unspecified atom stereocenters. The average Bonchev–Trinajstić information content (AvgIpc) is 2.42. The van der Waals surface area contributed by atoms with Crippen LogP contribution in [0.2, 0.25) is 0 Å². The highest BCUT2D eigenvalue weighted by Gasteiger charge is 2.20. The van der Waals surface area contributed by atoms with Gasteiger partial charge in [0.1, 0.15) is 5.82 Å². The van der Waals surface area contributed by atoms with E-state index in [1.165, 1.54) is 6.20 Å². The van der Waals surface area contributed by atoms with E-state index in [0.29, 0.717) is 18.1 Å². The summed E-state index contributed by atoms with van der Waals surface area (Å²) in [6, 6.07) is 0. The second-order valence-electron chi connectivity index (χ2n) is 6.30. The lowest BCUT2D eigenvalue weighted by Gasteiger charge is -2.25. The Morgan fingerprint density at radius 3 is 2.62 bits per heavy atom. The van der Waals surface area contributed by atoms with Gasteiger partial charge in [0.15, 0.2) is 5.69 Å². The number of carbonyl (C=O) groups is 1. The normalized spacial score (nSPS) is 11.7. The standard InChI is InChI=1S/C15H25N3O3/c1-10(2)13-16-8-11(12(18-13)14(20)21)17-9-15(3,4)6-5-7-19/h8,10,17,19H,5-7,9H2,1-4H3,(H,20,21). The number of aromatic carboxylic acids is 1. The highest BCUT2D eigenvalue weighted by atomic mass is 16.4. The molecule has 118 valence electrons. The van der Waals surface area contributed by atoms with Crippen molar-refractivity contribution in [1.29, 1.82) is 0 Å². The van der Waals surface area contributed by atoms with Crippen LogP contribution in [-0.2, 0) is 0 Å². The second kappa shape index (κ2) is 7.36. The van der Waals surface area contributed by atoms with Crippen molar-refractivity contribution in [2.75, 3.05) is 18.5 Å². The Labute approximate surface area is 125 Å². The summed E-state index contributed by atoms with van der Waals surface area (Å²) >= 11 is 0. The molecule has 0 aliphatic rings. The van der Waals surface area contributed by atoms with Crippen LogP contribution in [0.5, 0.6) is 0 Å². The van der Waals surface area contributed by atoms with Gasteiger partial charge in [-0.25, -0.2) is 14.8 Å². The molecule has 0 radical (unpaired) electrons. The number of aromatic nitrogens is 2. The second-order valence-corrected chi connectivity index (χ2v) is 6.30. The number of rotatable bonds is 8. The average molecular weight is 295 g/mol. The minimum atomic E-state index is -1.06. The minimum absolute atomic E-state index is 0.00616. The Balaban J connectivity index is 2.85. The highest BCUT2D eigenvalue weighted by Crippen LogP contribution is 2.24. The SMILES string of the molecule is CC(C)c1ncc(NCC(C)(C)CCCO)c(C(=O)O)n1. The fourth-order valence-electron chi connectivity index (χ4n) is 1.95. The molecule has 0 atom stereocenters. The van der Waals surface area contributed by atoms with Crippen LogP contribution >= 0.6 is 0 Å². The molecule has 1 aromatic heterocycles. The van der Waals surface area contributed by atoms with Gasteiger partial charge in [-0.15, -0.1) is 0 Å². The maximum absolute atomic E-state index is 11.3. The number of aliphatic hydroxyl groups is 1. The first-order valence-electron chi connectivity index (χ1n) is 7.22. The fourth-order valence-corrected chi connectivity index (χ4v) is 1.95. The zero-order valence-corrected chi connectivity index (χ0v) is 13.2. The number of carboxylic acids is 1. The maximum Gasteiger partial charge on any atom is 0.356 e. The topological polar surface area (TPSA) is 95.3 Å². The summed E-state index contributed by atoms with van der Waals surface area (Å²) in [6.07, 6.45) is 3.11. The molecule has 0 aliphatic carbocycles. The first kappa shape index (κ1) is 17.4. The number of hydrogen-bond acceptors (Lipinski definition) is 5. The molecule has 0 fully saturated rings. The summed E-state index contributed by atoms with van der Waals surface area (Å²) in [7, 11) is 0. The molecule has 0 bridgehead atoms. The summed E-state index contributed by atoms with van der Waals surface area (Å²) < 4.78 is 0. The van der Waals surface area contributed by atoms with Gasteiger partial charge in [0.25, 0.3) is 0 Å². The van der Waals surface area contributed by atoms with Gasteiger partial charge in [-0.1, -0.05) is 27.7 Å². The van der Waals surface area contributed by atoms with E-state index in [2.05, 4.69) is 29.1 Å². The largest absolute Gasteiger partial charge is 0.476 e. The van der Waals surface area contributed by atoms with Gasteiger partial charge in [-0.2, -0.15) is 0 Å². The third kappa shape index (κ3) is 5.30. The van der Waals surface area contributed by atoms with Gasteiger partial charge in [-0.05, 0) is 18.3 Å². The van der Waals surface area contributed by atoms with Crippen molar-refractivity contribution in [3.05, 3.63) is 17.7 Å². The Kier molecular flexibility index (Phi) is 6.08. The van der Waals surface area contributed by atoms with E-state index in [0.717, 1.165) is 12.8 Å². The predicted molar refractivity (Wildman–Crippen MR) is 81.7 cm³/mol. The molecule has 1 aromatic rings. The van der Waals surface area contributed by atoms with E-state index in [-0.39, 0.29) is 23.6 Å². The number of anilines is 1. The number of carboxylic acid groups (broad SMARTS) is 1. The van der Waals surface area contributed by atoms with E-state index >= 15 is 0 Å². The molecule has 0 amide bonds. The third-order valence-corrected chi connectivity index (χ3v) is 3.30. The highest BCUT2D eigenvalue weighted by molar-refractivity contribution is 5.91. The molecule has 0 saturated carbocycles. The molecule has 6 nitrogen and oxygen atoms in total. The third-order valence-electron chi connectivity index (χ3n) is 3.30. The molecule has 0 saturated heterocycles. The monoisotopic (exact) mass is 295 g/mol. The van der Waals surface area contributed by atoms with Gasteiger partial charge >= 0.3 is 5.97 Å². The van der Waals surface area contributed by atoms with Gasteiger partial charge in [-0.3, -0.25) is 0 Å². The van der Waals surface area contributed by atoms with Gasteiger partial charge in [0.2, 0.25) is 0 Å². The molecule has 3 N–H and O–H groups in total. The van der Waals surface area contributed by atoms with Crippen molar-refractivity contribution in [2.24, 2.45) is 5.41 Å². The lowest BCUT2D eigenvalue weighted by atomic mass is 9.88. The van der Waals surface area contributed by atoms with Crippen LogP contribution in [0.25, 0.3) is 0 Å². The van der Waals surface area contributed by atoms with E-state index < -0.39 is 5.97 Å². The smallest absolute Gasteiger partial charge is 0.356 e. The van der Waals surface area contributed by atoms with Gasteiger partial charge in [0.05, 0.1) is 11.9 Å². The molecule has 0 aromatic carbocycles. The summed E-state index contributed by atoms with van der Waals surface area (Å²) in [5, 5.41) is 21.3. The van der Waals surface area contributed by atoms with Crippen molar-refractivity contribution >= 4 is 11.7 Å². The minimum Gasteiger partial charge on any atom is -0.476 e. The fraction of sp³-hybridized carbons (Fsp3) is 0.667. The zero-order valence-electron chi connectivity index (χ0n) is 13.2. The molecule has 0 spiro atoms. The molecule has 6 heteroatoms. The maximum atomic E-state index is 11.3. The summed E-state index contributed by atoms with van der Waals surface area (Å²) in [4.78, 5) is 19.7. The molecule has 1 heterocycles. The van der Waals surface area contributed by atoms with E-state index in [1.54, 1.807) is 0 Å². The van der Waals surface area contributed by atoms with Crippen LogP contribution in [0.3, 0.4) is 0 Å². The van der Waals surface area contributed by atoms with Crippen molar-refractivity contribution < 1.29 is 15.0 Å². The Morgan fingerprint density at radius 2 is 2.10 bits per heavy atom. The Morgan fingerprint density at radius 1 is 1.43 bits per heavy atom. The van der Waals surface area contributed by atoms with Crippen molar-refractivity contribution in [1.82, 2.24) is 9.97 Å². The first-order chi connectivity index (χ1) is 9.76. The summed E-state index contributed by atoms with van der Waals surface area (Å²) in [5.74, 6) is -0.453. The Bertz CT molecular complexity index is 487. The molecular weight excluding hydrogens is 270 g/mol. The van der Waals surface area contributed by atoms with Crippen LogP contribution in [-0.4, -0.2) is 39.3 Å². The van der Waals surface area contributed by atoms with E-state index in [1.807, 2.05) is 13.8 Å². The molecule has 21 heavy (non-hydrogen) atoms. The first-order valence-corrected chi connectivity index (χ1v) is 7.22. The van der Waals surface area contributed by atoms with Gasteiger partial charge < -0.3 is 15.5 Å². The van der Waals surface area contributed by atoms with E-state index in [4.69, 9.17) is 5.11 Å². The van der Waals surface area contributed by atoms with Crippen LogP contribution in [0.4, 0.5) is 5.69 Å². The van der Waals surface area contributed by atoms with Crippen LogP contribution < -0.4 is 5.32 Å². The van der Waals surface area contributed by atoms with Crippen LogP contribution in [0.1, 0.15) is 62.8 Å². The summed E-state index contributed by atoms with van der Waals surface area (Å²) in [6.45, 7) is 8.74. The molecular formula is C15H25N3O3. The van der Waals surface area contributed by atoms with Gasteiger partial charge in [0, 0.05) is 19.1 Å². The number of nitrogens with zero attached hydrogens (tertiary/aromatic N) is 2. The van der Waals surface area contributed by atoms with Crippen molar-refractivity contribution in [2.45, 2.75) is 46.5 Å². The number of nitrogens with one attached hydrogen (secondary N) is 1. The predicted octanol–water partition coefficient (Wildman–Crippen LogP) is 2.51. The van der Waals surface area contributed by atoms with Crippen molar-refractivity contribution in [3.8, 4) is 0 Å². The van der Waals surface area contributed by atoms with Crippen LogP contribution in [0, 0.1) is 5.41 Å². The zero-order chi connectivity index (χ0) is 16.0. The number of aliphatic hydroxyl groups excluding tert-OH is 1. The Hall–Kier alpha value is -1.69. The lowest BCUT2D eigenvalue weighted by Crippen LogP contribution is -2.25. The van der Waals surface area contributed by atoms with E-state index in [9.17, 15) is 9.90 Å². The van der Waals surface area contributed by atoms with Crippen molar-refractivity contribution in [3.63, 3.8) is 0 Å². The number of hydrogen-bond donors (Lipinski definition) is 3.